The number of aryl methyl sites for hydroxylation is 1. The Hall–Kier alpha value is -3.67. The molecular formula is C24H24O11. The normalized spacial score (nSPS) is 25.7. The van der Waals surface area contributed by atoms with Gasteiger partial charge in [-0.15, -0.1) is 0 Å². The minimum Gasteiger partial charge on any atom is -0.506 e. The van der Waals surface area contributed by atoms with Crippen LogP contribution in [0.1, 0.15) is 37.9 Å². The van der Waals surface area contributed by atoms with E-state index >= 15 is 0 Å². The lowest BCUT2D eigenvalue weighted by Crippen LogP contribution is -2.62. The molecule has 0 spiro atoms. The van der Waals surface area contributed by atoms with Crippen molar-refractivity contribution in [2.24, 2.45) is 0 Å². The molecule has 186 valence electrons. The Morgan fingerprint density at radius 1 is 1.11 bits per heavy atom. The molecule has 0 aromatic heterocycles. The maximum Gasteiger partial charge on any atom is 0.343 e. The molecule has 4 atom stereocenters. The van der Waals surface area contributed by atoms with E-state index in [0.29, 0.717) is 5.39 Å². The van der Waals surface area contributed by atoms with Gasteiger partial charge in [0, 0.05) is 24.1 Å². The molecule has 11 heteroatoms. The average molecular weight is 488 g/mol. The summed E-state index contributed by atoms with van der Waals surface area (Å²) >= 11 is 0. The molecule has 0 saturated carbocycles. The van der Waals surface area contributed by atoms with Crippen molar-refractivity contribution in [3.63, 3.8) is 0 Å². The second-order valence-corrected chi connectivity index (χ2v) is 8.20. The lowest BCUT2D eigenvalue weighted by Gasteiger charge is -2.43. The van der Waals surface area contributed by atoms with Crippen LogP contribution in [0.2, 0.25) is 0 Å². The molecule has 0 saturated heterocycles. The molecule has 0 radical (unpaired) electrons. The molecule has 1 aliphatic carbocycles. The molecule has 2 aliphatic rings. The first-order valence-corrected chi connectivity index (χ1v) is 10.5. The van der Waals surface area contributed by atoms with E-state index in [2.05, 4.69) is 0 Å². The number of carbonyl (C=O) groups excluding carboxylic acids is 3. The van der Waals surface area contributed by atoms with Crippen LogP contribution in [0.5, 0.6) is 11.5 Å². The Balaban J connectivity index is 2.01. The zero-order valence-electron chi connectivity index (χ0n) is 19.6. The van der Waals surface area contributed by atoms with E-state index in [1.165, 1.54) is 33.5 Å². The van der Waals surface area contributed by atoms with Gasteiger partial charge in [-0.25, -0.2) is 9.59 Å². The topological polar surface area (TPSA) is 158 Å². The SMILES string of the molecule is COC(=O)c1c(OC)cc2cc3c(c(O)c2c1C)C(=O)O[C@H]3[C@@]1(O)[C@H](O)C(OC)=CC(=O)[C@@H]1OC. The maximum atomic E-state index is 12.9. The third-order valence-electron chi connectivity index (χ3n) is 6.53. The van der Waals surface area contributed by atoms with E-state index in [9.17, 15) is 29.7 Å². The van der Waals surface area contributed by atoms with Crippen molar-refractivity contribution in [2.75, 3.05) is 28.4 Å². The molecule has 35 heavy (non-hydrogen) atoms. The van der Waals surface area contributed by atoms with Crippen molar-refractivity contribution in [3.05, 3.63) is 46.2 Å². The number of aliphatic hydroxyl groups excluding tert-OH is 1. The molecule has 0 amide bonds. The highest BCUT2D eigenvalue weighted by Gasteiger charge is 2.61. The molecule has 0 bridgehead atoms. The van der Waals surface area contributed by atoms with E-state index in [1.807, 2.05) is 0 Å². The molecule has 0 fully saturated rings. The van der Waals surface area contributed by atoms with Crippen LogP contribution in [0, 0.1) is 6.92 Å². The van der Waals surface area contributed by atoms with E-state index in [-0.39, 0.29) is 39.1 Å². The number of benzene rings is 2. The van der Waals surface area contributed by atoms with Crippen molar-refractivity contribution >= 4 is 28.5 Å². The summed E-state index contributed by atoms with van der Waals surface area (Å²) in [6.07, 6.45) is -4.05. The molecule has 0 unspecified atom stereocenters. The highest BCUT2D eigenvalue weighted by atomic mass is 16.6. The molecule has 4 rings (SSSR count). The standard InChI is InChI=1S/C24H24O11/c1-9-15-10(7-13(31-2)16(9)22(28)34-5)6-11-17(18(15)26)23(29)35-20(11)24(30)19(27)14(32-3)8-12(25)21(24)33-4/h6-8,19-21,26-27,30H,1-5H3/t19-,20-,21+,24+/m1/s1. The van der Waals surface area contributed by atoms with Crippen LogP contribution in [-0.2, 0) is 23.7 Å². The van der Waals surface area contributed by atoms with E-state index in [4.69, 9.17) is 23.7 Å². The number of methoxy groups -OCH3 is 4. The van der Waals surface area contributed by atoms with Crippen LogP contribution < -0.4 is 4.74 Å². The Bertz CT molecular complexity index is 1290. The fourth-order valence-corrected chi connectivity index (χ4v) is 4.90. The van der Waals surface area contributed by atoms with Gasteiger partial charge in [-0.2, -0.15) is 0 Å². The van der Waals surface area contributed by atoms with Gasteiger partial charge in [0.15, 0.2) is 23.6 Å². The minimum atomic E-state index is -2.49. The number of rotatable bonds is 5. The highest BCUT2D eigenvalue weighted by Crippen LogP contribution is 2.50. The molecule has 3 N–H and O–H groups in total. The number of hydrogen-bond acceptors (Lipinski definition) is 11. The maximum absolute atomic E-state index is 12.9. The lowest BCUT2D eigenvalue weighted by molar-refractivity contribution is -0.208. The van der Waals surface area contributed by atoms with Crippen molar-refractivity contribution in [2.45, 2.75) is 30.8 Å². The Kier molecular flexibility index (Phi) is 5.95. The van der Waals surface area contributed by atoms with Gasteiger partial charge in [0.1, 0.15) is 34.5 Å². The van der Waals surface area contributed by atoms with Crippen LogP contribution in [0.15, 0.2) is 24.0 Å². The number of phenols is 1. The quantitative estimate of drug-likeness (QED) is 0.517. The third kappa shape index (κ3) is 3.27. The summed E-state index contributed by atoms with van der Waals surface area (Å²) in [5, 5.41) is 34.2. The monoisotopic (exact) mass is 488 g/mol. The lowest BCUT2D eigenvalue weighted by atomic mass is 9.75. The number of hydrogen-bond donors (Lipinski definition) is 3. The molecule has 1 aliphatic heterocycles. The van der Waals surface area contributed by atoms with Crippen molar-refractivity contribution in [1.82, 2.24) is 0 Å². The van der Waals surface area contributed by atoms with Crippen LogP contribution in [0.3, 0.4) is 0 Å². The van der Waals surface area contributed by atoms with Crippen LogP contribution in [-0.4, -0.2) is 79.3 Å². The number of aliphatic hydroxyl groups is 2. The number of cyclic esters (lactones) is 1. The zero-order valence-corrected chi connectivity index (χ0v) is 19.6. The van der Waals surface area contributed by atoms with Gasteiger partial charge < -0.3 is 39.0 Å². The summed E-state index contributed by atoms with van der Waals surface area (Å²) in [6, 6.07) is 2.90. The summed E-state index contributed by atoms with van der Waals surface area (Å²) < 4.78 is 25.8. The molecule has 1 heterocycles. The number of carbonyl (C=O) groups is 3. The number of ketones is 1. The molecule has 11 nitrogen and oxygen atoms in total. The van der Waals surface area contributed by atoms with Gasteiger partial charge in [-0.05, 0) is 30.0 Å². The predicted molar refractivity (Wildman–Crippen MR) is 118 cm³/mol. The summed E-state index contributed by atoms with van der Waals surface area (Å²) in [4.78, 5) is 37.9. The summed E-state index contributed by atoms with van der Waals surface area (Å²) in [6.45, 7) is 1.55. The Labute approximate surface area is 199 Å². The Morgan fingerprint density at radius 2 is 1.80 bits per heavy atom. The third-order valence-corrected chi connectivity index (χ3v) is 6.53. The van der Waals surface area contributed by atoms with Gasteiger partial charge >= 0.3 is 11.9 Å². The van der Waals surface area contributed by atoms with Crippen LogP contribution in [0.4, 0.5) is 0 Å². The largest absolute Gasteiger partial charge is 0.506 e. The fraction of sp³-hybridized carbons (Fsp3) is 0.375. The number of ether oxygens (including phenoxy) is 5. The van der Waals surface area contributed by atoms with Gasteiger partial charge in [-0.3, -0.25) is 4.79 Å². The number of esters is 2. The van der Waals surface area contributed by atoms with Gasteiger partial charge in [0.25, 0.3) is 0 Å². The first kappa shape index (κ1) is 24.5. The number of aromatic hydroxyl groups is 1. The van der Waals surface area contributed by atoms with E-state index < -0.39 is 47.4 Å². The smallest absolute Gasteiger partial charge is 0.343 e. The zero-order chi connectivity index (χ0) is 25.8. The van der Waals surface area contributed by atoms with Crippen molar-refractivity contribution < 1.29 is 53.4 Å². The number of phenolic OH excluding ortho intramolecular Hbond substituents is 1. The van der Waals surface area contributed by atoms with Crippen molar-refractivity contribution in [3.8, 4) is 11.5 Å². The van der Waals surface area contributed by atoms with Crippen molar-refractivity contribution in [1.29, 1.82) is 0 Å². The predicted octanol–water partition coefficient (Wildman–Crippen LogP) is 1.08. The van der Waals surface area contributed by atoms with Gasteiger partial charge in [-0.1, -0.05) is 0 Å². The molecular weight excluding hydrogens is 464 g/mol. The molecule has 2 aromatic carbocycles. The number of fused-ring (bicyclic) bond motifs is 2. The summed E-state index contributed by atoms with van der Waals surface area (Å²) in [5.41, 5.74) is -2.43. The summed E-state index contributed by atoms with van der Waals surface area (Å²) in [5.74, 6) is -3.04. The van der Waals surface area contributed by atoms with E-state index in [0.717, 1.165) is 13.2 Å². The second kappa shape index (κ2) is 8.52. The molecule has 2 aromatic rings. The average Bonchev–Trinajstić information content (AvgIpc) is 3.17. The second-order valence-electron chi connectivity index (χ2n) is 8.20. The van der Waals surface area contributed by atoms with Crippen LogP contribution >= 0.6 is 0 Å². The van der Waals surface area contributed by atoms with E-state index in [1.54, 1.807) is 6.92 Å². The fourth-order valence-electron chi connectivity index (χ4n) is 4.90. The first-order valence-electron chi connectivity index (χ1n) is 10.5. The summed E-state index contributed by atoms with van der Waals surface area (Å²) in [7, 11) is 4.91. The Morgan fingerprint density at radius 3 is 2.37 bits per heavy atom. The van der Waals surface area contributed by atoms with Gasteiger partial charge in [0.2, 0.25) is 0 Å². The first-order chi connectivity index (χ1) is 16.6. The minimum absolute atomic E-state index is 0.000948. The van der Waals surface area contributed by atoms with Crippen LogP contribution in [0.25, 0.3) is 10.8 Å². The highest BCUT2D eigenvalue weighted by molar-refractivity contribution is 6.09. The van der Waals surface area contributed by atoms with Gasteiger partial charge in [0.05, 0.1) is 21.3 Å².